The minimum atomic E-state index is -0.0852. The summed E-state index contributed by atoms with van der Waals surface area (Å²) in [7, 11) is 0. The quantitative estimate of drug-likeness (QED) is 0.452. The van der Waals surface area contributed by atoms with E-state index in [1.807, 2.05) is 66.7 Å². The normalized spacial score (nSPS) is 12.0. The minimum absolute atomic E-state index is 0.0600. The summed E-state index contributed by atoms with van der Waals surface area (Å²) in [6.45, 7) is 4.96. The number of nitrogens with zero attached hydrogens (tertiary/aromatic N) is 5. The molecule has 7 nitrogen and oxygen atoms in total. The molecule has 7 heteroatoms. The standard InChI is InChI=1S/C25H26N6O/c1-19(22-12-9-13-23(16-22)26-20(2)32)30(17-21-10-5-3-6-11-21)18-25-27-28-29-31(25)24-14-7-4-8-15-24/h3-16,19H,17-18H2,1-2H3,(H,26,32)/t19-/m1/s1. The third-order valence-corrected chi connectivity index (χ3v) is 5.34. The predicted molar refractivity (Wildman–Crippen MR) is 124 cm³/mol. The fourth-order valence-electron chi connectivity index (χ4n) is 3.69. The van der Waals surface area contributed by atoms with Gasteiger partial charge in [0.2, 0.25) is 5.91 Å². The molecule has 32 heavy (non-hydrogen) atoms. The molecule has 0 saturated carbocycles. The molecule has 0 aliphatic carbocycles. The van der Waals surface area contributed by atoms with Crippen molar-refractivity contribution in [2.24, 2.45) is 0 Å². The summed E-state index contributed by atoms with van der Waals surface area (Å²) in [5.41, 5.74) is 4.02. The van der Waals surface area contributed by atoms with Gasteiger partial charge in [0.1, 0.15) is 0 Å². The first-order valence-electron chi connectivity index (χ1n) is 10.6. The predicted octanol–water partition coefficient (Wildman–Crippen LogP) is 4.38. The molecule has 1 N–H and O–H groups in total. The Labute approximate surface area is 187 Å². The molecule has 0 radical (unpaired) electrons. The van der Waals surface area contributed by atoms with E-state index >= 15 is 0 Å². The number of nitrogens with one attached hydrogen (secondary N) is 1. The Balaban J connectivity index is 1.64. The molecule has 162 valence electrons. The SMILES string of the molecule is CC(=O)Nc1cccc([C@@H](C)N(Cc2ccccc2)Cc2nnnn2-c2ccccc2)c1. The number of aromatic nitrogens is 4. The second kappa shape index (κ2) is 9.98. The van der Waals surface area contributed by atoms with Crippen molar-refractivity contribution in [3.8, 4) is 5.69 Å². The van der Waals surface area contributed by atoms with Crippen LogP contribution in [-0.4, -0.2) is 31.0 Å². The maximum absolute atomic E-state index is 11.5. The second-order valence-electron chi connectivity index (χ2n) is 7.72. The summed E-state index contributed by atoms with van der Waals surface area (Å²) >= 11 is 0. The largest absolute Gasteiger partial charge is 0.326 e. The first-order chi connectivity index (χ1) is 15.6. The van der Waals surface area contributed by atoms with Crippen LogP contribution >= 0.6 is 0 Å². The lowest BCUT2D eigenvalue weighted by molar-refractivity contribution is -0.114. The van der Waals surface area contributed by atoms with Crippen LogP contribution in [0.25, 0.3) is 5.69 Å². The number of benzene rings is 3. The van der Waals surface area contributed by atoms with Crippen molar-refractivity contribution < 1.29 is 4.79 Å². The molecule has 0 aliphatic rings. The van der Waals surface area contributed by atoms with Gasteiger partial charge in [0.15, 0.2) is 5.82 Å². The maximum atomic E-state index is 11.5. The van der Waals surface area contributed by atoms with Crippen LogP contribution < -0.4 is 5.32 Å². The first-order valence-corrected chi connectivity index (χ1v) is 10.6. The van der Waals surface area contributed by atoms with Crippen molar-refractivity contribution in [2.45, 2.75) is 33.0 Å². The Morgan fingerprint density at radius 2 is 1.69 bits per heavy atom. The second-order valence-corrected chi connectivity index (χ2v) is 7.72. The Morgan fingerprint density at radius 1 is 0.969 bits per heavy atom. The fourth-order valence-corrected chi connectivity index (χ4v) is 3.69. The molecule has 4 aromatic rings. The fraction of sp³-hybridized carbons (Fsp3) is 0.200. The highest BCUT2D eigenvalue weighted by Gasteiger charge is 2.21. The van der Waals surface area contributed by atoms with Gasteiger partial charge in [0, 0.05) is 25.2 Å². The molecule has 1 amide bonds. The number of carbonyl (C=O) groups excluding carboxylic acids is 1. The van der Waals surface area contributed by atoms with E-state index in [1.54, 1.807) is 4.68 Å². The lowest BCUT2D eigenvalue weighted by atomic mass is 10.0. The van der Waals surface area contributed by atoms with Crippen LogP contribution in [0.1, 0.15) is 36.8 Å². The molecule has 4 rings (SSSR count). The van der Waals surface area contributed by atoms with Crippen molar-refractivity contribution in [3.05, 3.63) is 102 Å². The Morgan fingerprint density at radius 3 is 2.41 bits per heavy atom. The molecule has 1 aromatic heterocycles. The van der Waals surface area contributed by atoms with Crippen molar-refractivity contribution >= 4 is 11.6 Å². The van der Waals surface area contributed by atoms with Gasteiger partial charge in [0.05, 0.1) is 12.2 Å². The number of para-hydroxylation sites is 1. The molecular weight excluding hydrogens is 400 g/mol. The van der Waals surface area contributed by atoms with Crippen LogP contribution in [-0.2, 0) is 17.9 Å². The van der Waals surface area contributed by atoms with E-state index in [9.17, 15) is 4.79 Å². The zero-order chi connectivity index (χ0) is 22.3. The van der Waals surface area contributed by atoms with E-state index < -0.39 is 0 Å². The zero-order valence-corrected chi connectivity index (χ0v) is 18.2. The lowest BCUT2D eigenvalue weighted by Gasteiger charge is -2.29. The van der Waals surface area contributed by atoms with Gasteiger partial charge in [-0.1, -0.05) is 60.7 Å². The van der Waals surface area contributed by atoms with Crippen LogP contribution in [0, 0.1) is 0 Å². The molecular formula is C25H26N6O. The molecule has 0 spiro atoms. The Kier molecular flexibility index (Phi) is 6.67. The van der Waals surface area contributed by atoms with E-state index in [0.717, 1.165) is 29.3 Å². The zero-order valence-electron chi connectivity index (χ0n) is 18.2. The minimum Gasteiger partial charge on any atom is -0.326 e. The van der Waals surface area contributed by atoms with Gasteiger partial charge in [-0.05, 0) is 52.7 Å². The van der Waals surface area contributed by atoms with Crippen molar-refractivity contribution in [1.29, 1.82) is 0 Å². The van der Waals surface area contributed by atoms with Crippen LogP contribution in [0.5, 0.6) is 0 Å². The van der Waals surface area contributed by atoms with Crippen molar-refractivity contribution in [1.82, 2.24) is 25.1 Å². The first kappa shape index (κ1) is 21.4. The van der Waals surface area contributed by atoms with Gasteiger partial charge in [-0.3, -0.25) is 9.69 Å². The number of tetrazole rings is 1. The van der Waals surface area contributed by atoms with Crippen LogP contribution in [0.2, 0.25) is 0 Å². The van der Waals surface area contributed by atoms with Crippen molar-refractivity contribution in [2.75, 3.05) is 5.32 Å². The van der Waals surface area contributed by atoms with E-state index in [2.05, 4.69) is 50.9 Å². The van der Waals surface area contributed by atoms with Gasteiger partial charge >= 0.3 is 0 Å². The summed E-state index contributed by atoms with van der Waals surface area (Å²) in [4.78, 5) is 13.8. The van der Waals surface area contributed by atoms with Crippen LogP contribution in [0.15, 0.2) is 84.9 Å². The van der Waals surface area contributed by atoms with Gasteiger partial charge in [-0.15, -0.1) is 5.10 Å². The van der Waals surface area contributed by atoms with Gasteiger partial charge < -0.3 is 5.32 Å². The summed E-state index contributed by atoms with van der Waals surface area (Å²) in [6, 6.07) is 28.3. The monoisotopic (exact) mass is 426 g/mol. The average molecular weight is 427 g/mol. The lowest BCUT2D eigenvalue weighted by Crippen LogP contribution is -2.28. The molecule has 0 unspecified atom stereocenters. The summed E-state index contributed by atoms with van der Waals surface area (Å²) in [5, 5.41) is 15.3. The van der Waals surface area contributed by atoms with Gasteiger partial charge in [-0.2, -0.15) is 4.68 Å². The molecule has 1 heterocycles. The Hall–Kier alpha value is -3.84. The number of hydrogen-bond acceptors (Lipinski definition) is 5. The number of anilines is 1. The highest BCUT2D eigenvalue weighted by Crippen LogP contribution is 2.26. The molecule has 0 aliphatic heterocycles. The molecule has 0 saturated heterocycles. The third-order valence-electron chi connectivity index (χ3n) is 5.34. The van der Waals surface area contributed by atoms with E-state index in [4.69, 9.17) is 0 Å². The molecule has 3 aromatic carbocycles. The van der Waals surface area contributed by atoms with Crippen molar-refractivity contribution in [3.63, 3.8) is 0 Å². The number of hydrogen-bond donors (Lipinski definition) is 1. The van der Waals surface area contributed by atoms with E-state index in [1.165, 1.54) is 12.5 Å². The average Bonchev–Trinajstić information content (AvgIpc) is 3.27. The third kappa shape index (κ3) is 5.25. The van der Waals surface area contributed by atoms with Crippen LogP contribution in [0.4, 0.5) is 5.69 Å². The van der Waals surface area contributed by atoms with Gasteiger partial charge in [0.25, 0.3) is 0 Å². The van der Waals surface area contributed by atoms with Gasteiger partial charge in [-0.25, -0.2) is 0 Å². The van der Waals surface area contributed by atoms with Crippen LogP contribution in [0.3, 0.4) is 0 Å². The number of amides is 1. The molecule has 0 bridgehead atoms. The number of carbonyl (C=O) groups is 1. The maximum Gasteiger partial charge on any atom is 0.221 e. The van der Waals surface area contributed by atoms with E-state index in [-0.39, 0.29) is 11.9 Å². The smallest absolute Gasteiger partial charge is 0.221 e. The highest BCUT2D eigenvalue weighted by atomic mass is 16.1. The summed E-state index contributed by atoms with van der Waals surface area (Å²) < 4.78 is 1.78. The molecule has 0 fully saturated rings. The number of rotatable bonds is 8. The molecule has 1 atom stereocenters. The van der Waals surface area contributed by atoms with E-state index in [0.29, 0.717) is 6.54 Å². The summed E-state index contributed by atoms with van der Waals surface area (Å²) in [5.74, 6) is 0.676. The Bertz CT molecular complexity index is 1160. The highest BCUT2D eigenvalue weighted by molar-refractivity contribution is 5.88. The summed E-state index contributed by atoms with van der Waals surface area (Å²) in [6.07, 6.45) is 0. The topological polar surface area (TPSA) is 75.9 Å².